The van der Waals surface area contributed by atoms with Crippen LogP contribution in [0.5, 0.6) is 0 Å². The number of aryl methyl sites for hydroxylation is 1. The van der Waals surface area contributed by atoms with Crippen molar-refractivity contribution < 1.29 is 18.4 Å². The Morgan fingerprint density at radius 2 is 2.04 bits per heavy atom. The lowest BCUT2D eigenvalue weighted by Gasteiger charge is -2.17. The molecule has 0 saturated carbocycles. The van der Waals surface area contributed by atoms with Crippen LogP contribution in [0, 0.1) is 24.5 Å². The van der Waals surface area contributed by atoms with Gasteiger partial charge in [0.05, 0.1) is 22.8 Å². The first-order chi connectivity index (χ1) is 13.4. The molecule has 1 N–H and O–H groups in total. The number of benzene rings is 2. The van der Waals surface area contributed by atoms with Crippen molar-refractivity contribution in [1.29, 1.82) is 0 Å². The van der Waals surface area contributed by atoms with Gasteiger partial charge in [-0.1, -0.05) is 6.07 Å². The van der Waals surface area contributed by atoms with Crippen molar-refractivity contribution in [1.82, 2.24) is 4.98 Å². The zero-order chi connectivity index (χ0) is 19.8. The number of nitrogens with zero attached hydrogens (tertiary/aromatic N) is 2. The number of aromatic nitrogens is 1. The van der Waals surface area contributed by atoms with Crippen LogP contribution in [0.25, 0.3) is 10.9 Å². The topological polar surface area (TPSA) is 62.3 Å². The number of hydrogen-bond donors (Lipinski definition) is 1. The van der Waals surface area contributed by atoms with Crippen LogP contribution in [0.4, 0.5) is 20.2 Å². The van der Waals surface area contributed by atoms with Crippen molar-refractivity contribution in [3.05, 3.63) is 65.9 Å². The summed E-state index contributed by atoms with van der Waals surface area (Å²) < 4.78 is 27.1. The number of carbonyl (C=O) groups excluding carboxylic acids is 2. The third-order valence-corrected chi connectivity index (χ3v) is 4.93. The second kappa shape index (κ2) is 6.99. The van der Waals surface area contributed by atoms with Gasteiger partial charge in [0.25, 0.3) is 0 Å². The number of halogens is 2. The second-order valence-electron chi connectivity index (χ2n) is 6.82. The van der Waals surface area contributed by atoms with Crippen LogP contribution in [0.2, 0.25) is 0 Å². The van der Waals surface area contributed by atoms with Crippen molar-refractivity contribution in [2.45, 2.75) is 13.3 Å². The molecular formula is C21H17F2N3O2. The zero-order valence-corrected chi connectivity index (χ0v) is 15.1. The summed E-state index contributed by atoms with van der Waals surface area (Å²) in [7, 11) is 0. The highest BCUT2D eigenvalue weighted by Gasteiger charge is 2.36. The van der Waals surface area contributed by atoms with Gasteiger partial charge >= 0.3 is 0 Å². The third-order valence-electron chi connectivity index (χ3n) is 4.93. The predicted molar refractivity (Wildman–Crippen MR) is 102 cm³/mol. The fourth-order valence-corrected chi connectivity index (χ4v) is 3.47. The van der Waals surface area contributed by atoms with Gasteiger partial charge in [0.2, 0.25) is 11.8 Å². The van der Waals surface area contributed by atoms with Crippen LogP contribution in [0.1, 0.15) is 12.0 Å². The standard InChI is InChI=1S/C21H17F2N3O2/c1-12-4-6-17(15-3-2-8-24-20(12)15)25-21(28)13-9-19(27)26(11-13)18-7-5-14(22)10-16(18)23/h2-8,10,13H,9,11H2,1H3,(H,25,28). The Hall–Kier alpha value is -3.35. The predicted octanol–water partition coefficient (Wildman–Crippen LogP) is 3.81. The largest absolute Gasteiger partial charge is 0.325 e. The number of hydrogen-bond acceptors (Lipinski definition) is 3. The molecule has 3 aromatic rings. The van der Waals surface area contributed by atoms with Crippen LogP contribution < -0.4 is 10.2 Å². The van der Waals surface area contributed by atoms with Crippen LogP contribution in [-0.4, -0.2) is 23.3 Å². The van der Waals surface area contributed by atoms with Gasteiger partial charge in [-0.15, -0.1) is 0 Å². The molecule has 0 aliphatic carbocycles. The molecule has 4 rings (SSSR count). The molecule has 2 heterocycles. The maximum absolute atomic E-state index is 14.0. The average Bonchev–Trinajstić information content (AvgIpc) is 3.06. The van der Waals surface area contributed by atoms with E-state index in [9.17, 15) is 18.4 Å². The number of fused-ring (bicyclic) bond motifs is 1. The molecule has 1 unspecified atom stereocenters. The lowest BCUT2D eigenvalue weighted by atomic mass is 10.1. The van der Waals surface area contributed by atoms with Gasteiger partial charge in [0, 0.05) is 30.6 Å². The normalized spacial score (nSPS) is 16.6. The molecule has 2 amide bonds. The molecule has 0 radical (unpaired) electrons. The molecule has 1 aliphatic heterocycles. The highest BCUT2D eigenvalue weighted by Crippen LogP contribution is 2.30. The lowest BCUT2D eigenvalue weighted by Crippen LogP contribution is -2.28. The van der Waals surface area contributed by atoms with Gasteiger partial charge < -0.3 is 10.2 Å². The van der Waals surface area contributed by atoms with Crippen molar-refractivity contribution in [2.24, 2.45) is 5.92 Å². The summed E-state index contributed by atoms with van der Waals surface area (Å²) in [4.78, 5) is 30.6. The number of rotatable bonds is 3. The molecule has 142 valence electrons. The summed E-state index contributed by atoms with van der Waals surface area (Å²) in [5.41, 5.74) is 2.37. The van der Waals surface area contributed by atoms with E-state index in [4.69, 9.17) is 0 Å². The Labute approximate surface area is 160 Å². The summed E-state index contributed by atoms with van der Waals surface area (Å²) in [6.45, 7) is 1.97. The lowest BCUT2D eigenvalue weighted by molar-refractivity contribution is -0.122. The monoisotopic (exact) mass is 381 g/mol. The fraction of sp³-hybridized carbons (Fsp3) is 0.190. The number of carbonyl (C=O) groups is 2. The van der Waals surface area contributed by atoms with E-state index >= 15 is 0 Å². The molecular weight excluding hydrogens is 364 g/mol. The van der Waals surface area contributed by atoms with Crippen molar-refractivity contribution in [3.8, 4) is 0 Å². The Kier molecular flexibility index (Phi) is 4.50. The van der Waals surface area contributed by atoms with E-state index < -0.39 is 17.6 Å². The fourth-order valence-electron chi connectivity index (χ4n) is 3.47. The minimum Gasteiger partial charge on any atom is -0.325 e. The summed E-state index contributed by atoms with van der Waals surface area (Å²) in [5.74, 6) is -2.88. The molecule has 1 aliphatic rings. The van der Waals surface area contributed by atoms with E-state index in [-0.39, 0.29) is 30.5 Å². The van der Waals surface area contributed by atoms with Gasteiger partial charge in [-0.3, -0.25) is 14.6 Å². The van der Waals surface area contributed by atoms with Crippen LogP contribution >= 0.6 is 0 Å². The maximum atomic E-state index is 14.0. The van der Waals surface area contributed by atoms with Crippen molar-refractivity contribution in [3.63, 3.8) is 0 Å². The number of nitrogens with one attached hydrogen (secondary N) is 1. The Morgan fingerprint density at radius 1 is 1.21 bits per heavy atom. The highest BCUT2D eigenvalue weighted by atomic mass is 19.1. The molecule has 1 aromatic heterocycles. The minimum absolute atomic E-state index is 0.0216. The van der Waals surface area contributed by atoms with Gasteiger partial charge in [0.15, 0.2) is 0 Å². The molecule has 0 spiro atoms. The average molecular weight is 381 g/mol. The first-order valence-electron chi connectivity index (χ1n) is 8.84. The number of anilines is 2. The molecule has 7 heteroatoms. The smallest absolute Gasteiger partial charge is 0.229 e. The van der Waals surface area contributed by atoms with Gasteiger partial charge in [0.1, 0.15) is 11.6 Å². The molecule has 28 heavy (non-hydrogen) atoms. The summed E-state index contributed by atoms with van der Waals surface area (Å²) in [6.07, 6.45) is 1.65. The Bertz CT molecular complexity index is 1100. The van der Waals surface area contributed by atoms with Crippen LogP contribution in [0.3, 0.4) is 0 Å². The first kappa shape index (κ1) is 18.0. The SMILES string of the molecule is Cc1ccc(NC(=O)C2CC(=O)N(c3ccc(F)cc3F)C2)c2cccnc12. The van der Waals surface area contributed by atoms with Gasteiger partial charge in [-0.2, -0.15) is 0 Å². The van der Waals surface area contributed by atoms with Crippen LogP contribution in [0.15, 0.2) is 48.7 Å². The van der Waals surface area contributed by atoms with E-state index in [1.165, 1.54) is 11.0 Å². The number of amides is 2. The molecule has 1 saturated heterocycles. The van der Waals surface area contributed by atoms with E-state index in [0.29, 0.717) is 5.69 Å². The third kappa shape index (κ3) is 3.19. The molecule has 2 aromatic carbocycles. The van der Waals surface area contributed by atoms with Crippen molar-refractivity contribution >= 4 is 34.1 Å². The van der Waals surface area contributed by atoms with E-state index in [2.05, 4.69) is 10.3 Å². The molecule has 1 atom stereocenters. The highest BCUT2D eigenvalue weighted by molar-refractivity contribution is 6.06. The Balaban J connectivity index is 1.55. The maximum Gasteiger partial charge on any atom is 0.229 e. The first-order valence-corrected chi connectivity index (χ1v) is 8.84. The van der Waals surface area contributed by atoms with Gasteiger partial charge in [-0.25, -0.2) is 8.78 Å². The number of pyridine rings is 1. The summed E-state index contributed by atoms with van der Waals surface area (Å²) in [6, 6.07) is 10.3. The Morgan fingerprint density at radius 3 is 2.82 bits per heavy atom. The quantitative estimate of drug-likeness (QED) is 0.750. The minimum atomic E-state index is -0.829. The zero-order valence-electron chi connectivity index (χ0n) is 15.1. The molecule has 5 nitrogen and oxygen atoms in total. The van der Waals surface area contributed by atoms with E-state index in [1.54, 1.807) is 18.3 Å². The summed E-state index contributed by atoms with van der Waals surface area (Å²) >= 11 is 0. The second-order valence-corrected chi connectivity index (χ2v) is 6.82. The van der Waals surface area contributed by atoms with Crippen molar-refractivity contribution in [2.75, 3.05) is 16.8 Å². The molecule has 0 bridgehead atoms. The van der Waals surface area contributed by atoms with Gasteiger partial charge in [-0.05, 0) is 42.8 Å². The summed E-state index contributed by atoms with van der Waals surface area (Å²) in [5, 5.41) is 3.67. The molecule has 1 fully saturated rings. The van der Waals surface area contributed by atoms with E-state index in [0.717, 1.165) is 28.6 Å². The van der Waals surface area contributed by atoms with Crippen LogP contribution in [-0.2, 0) is 9.59 Å². The van der Waals surface area contributed by atoms with E-state index in [1.807, 2.05) is 19.1 Å².